The highest BCUT2D eigenvalue weighted by atomic mass is 79.9. The van der Waals surface area contributed by atoms with E-state index in [1.54, 1.807) is 0 Å². The molecular weight excluding hydrogens is 164 g/mol. The standard InChI is InChI=1S/C2HBrN2O2/c3-2(1(6)7)4-5-2/h(H,6,7). The number of halogens is 1. The molecule has 0 fully saturated rings. The van der Waals surface area contributed by atoms with E-state index < -0.39 is 10.5 Å². The van der Waals surface area contributed by atoms with Crippen molar-refractivity contribution in [2.75, 3.05) is 0 Å². The Hall–Kier alpha value is -0.450. The van der Waals surface area contributed by atoms with Gasteiger partial charge in [0.1, 0.15) is 0 Å². The number of carboxylic acids is 1. The Morgan fingerprint density at radius 3 is 2.14 bits per heavy atom. The molecule has 0 unspecified atom stereocenters. The zero-order chi connectivity index (χ0) is 5.49. The van der Waals surface area contributed by atoms with E-state index in [1.807, 2.05) is 0 Å². The number of hydrogen-bond donors (Lipinski definition) is 1. The van der Waals surface area contributed by atoms with E-state index in [0.717, 1.165) is 0 Å². The molecule has 0 bridgehead atoms. The summed E-state index contributed by atoms with van der Waals surface area (Å²) in [6.45, 7) is 0. The van der Waals surface area contributed by atoms with Crippen LogP contribution in [0.2, 0.25) is 0 Å². The molecule has 1 heterocycles. The van der Waals surface area contributed by atoms with Crippen LogP contribution in [0, 0.1) is 0 Å². The van der Waals surface area contributed by atoms with Gasteiger partial charge in [-0.1, -0.05) is 0 Å². The molecule has 0 radical (unpaired) electrons. The average molecular weight is 165 g/mol. The summed E-state index contributed by atoms with van der Waals surface area (Å²) < 4.78 is -1.27. The number of nitrogens with zero attached hydrogens (tertiary/aromatic N) is 2. The first-order valence-electron chi connectivity index (χ1n) is 1.51. The normalized spacial score (nSPS) is 21.9. The SMILES string of the molecule is O=C(O)C1(Br)N=N1. The highest BCUT2D eigenvalue weighted by Gasteiger charge is 2.45. The molecule has 0 saturated carbocycles. The maximum absolute atomic E-state index is 9.85. The number of carboxylic acid groups (broad SMARTS) is 1. The first kappa shape index (κ1) is 4.70. The van der Waals surface area contributed by atoms with Gasteiger partial charge in [-0.15, -0.1) is 10.2 Å². The molecule has 1 N–H and O–H groups in total. The van der Waals surface area contributed by atoms with Crippen LogP contribution in [0.5, 0.6) is 0 Å². The van der Waals surface area contributed by atoms with Crippen LogP contribution in [0.25, 0.3) is 0 Å². The van der Waals surface area contributed by atoms with Gasteiger partial charge in [0.15, 0.2) is 0 Å². The lowest BCUT2D eigenvalue weighted by atomic mass is 10.6. The summed E-state index contributed by atoms with van der Waals surface area (Å²) in [5.41, 5.74) is 0. The molecule has 38 valence electrons. The van der Waals surface area contributed by atoms with Crippen molar-refractivity contribution in [3.05, 3.63) is 0 Å². The number of alkyl halides is 1. The van der Waals surface area contributed by atoms with Gasteiger partial charge in [0, 0.05) is 0 Å². The quantitative estimate of drug-likeness (QED) is 0.456. The molecule has 0 spiro atoms. The Balaban J connectivity index is 2.58. The zero-order valence-electron chi connectivity index (χ0n) is 3.13. The van der Waals surface area contributed by atoms with Crippen LogP contribution in [-0.4, -0.2) is 15.6 Å². The minimum atomic E-state index is -1.27. The van der Waals surface area contributed by atoms with Crippen LogP contribution >= 0.6 is 15.9 Å². The van der Waals surface area contributed by atoms with Gasteiger partial charge in [0.25, 0.3) is 0 Å². The van der Waals surface area contributed by atoms with Crippen LogP contribution in [0.1, 0.15) is 0 Å². The first-order valence-corrected chi connectivity index (χ1v) is 2.31. The lowest BCUT2D eigenvalue weighted by molar-refractivity contribution is -0.137. The molecule has 0 saturated heterocycles. The number of hydrogen-bond acceptors (Lipinski definition) is 3. The number of rotatable bonds is 1. The molecule has 0 aliphatic carbocycles. The monoisotopic (exact) mass is 164 g/mol. The minimum absolute atomic E-state index is 1.06. The maximum atomic E-state index is 9.85. The molecule has 0 atom stereocenters. The Morgan fingerprint density at radius 1 is 1.71 bits per heavy atom. The third-order valence-electron chi connectivity index (χ3n) is 0.548. The van der Waals surface area contributed by atoms with Crippen molar-refractivity contribution in [3.8, 4) is 0 Å². The predicted octanol–water partition coefficient (Wildman–Crippen LogP) is 0.586. The molecule has 0 aromatic heterocycles. The third kappa shape index (κ3) is 0.628. The zero-order valence-corrected chi connectivity index (χ0v) is 4.71. The maximum Gasteiger partial charge on any atom is 0.369 e. The smallest absolute Gasteiger partial charge is 0.369 e. The summed E-state index contributed by atoms with van der Waals surface area (Å²) in [4.78, 5) is 9.85. The second-order valence-electron chi connectivity index (χ2n) is 1.09. The van der Waals surface area contributed by atoms with E-state index in [0.29, 0.717) is 0 Å². The van der Waals surface area contributed by atoms with Gasteiger partial charge >= 0.3 is 10.5 Å². The summed E-state index contributed by atoms with van der Waals surface area (Å²) in [6.07, 6.45) is 0. The van der Waals surface area contributed by atoms with Crippen LogP contribution in [0.15, 0.2) is 10.2 Å². The first-order chi connectivity index (χ1) is 3.15. The van der Waals surface area contributed by atoms with E-state index in [1.165, 1.54) is 0 Å². The van der Waals surface area contributed by atoms with Gasteiger partial charge in [-0.25, -0.2) is 4.79 Å². The topological polar surface area (TPSA) is 62.0 Å². The molecule has 4 nitrogen and oxygen atoms in total. The molecule has 7 heavy (non-hydrogen) atoms. The highest BCUT2D eigenvalue weighted by molar-refractivity contribution is 9.10. The Morgan fingerprint density at radius 2 is 2.14 bits per heavy atom. The Kier molecular flexibility index (Phi) is 0.694. The average Bonchev–Trinajstić information content (AvgIpc) is 2.21. The fraction of sp³-hybridized carbons (Fsp3) is 0.500. The van der Waals surface area contributed by atoms with Crippen LogP contribution in [-0.2, 0) is 4.79 Å². The molecule has 1 rings (SSSR count). The van der Waals surface area contributed by atoms with Crippen molar-refractivity contribution >= 4 is 21.9 Å². The van der Waals surface area contributed by atoms with Gasteiger partial charge in [-0.2, -0.15) is 0 Å². The second kappa shape index (κ2) is 1.03. The predicted molar refractivity (Wildman–Crippen MR) is 24.1 cm³/mol. The summed E-state index contributed by atoms with van der Waals surface area (Å²) in [6, 6.07) is 0. The minimum Gasteiger partial charge on any atom is -0.477 e. The van der Waals surface area contributed by atoms with Crippen molar-refractivity contribution in [1.29, 1.82) is 0 Å². The van der Waals surface area contributed by atoms with Crippen molar-refractivity contribution < 1.29 is 9.90 Å². The lowest BCUT2D eigenvalue weighted by Gasteiger charge is -1.86. The highest BCUT2D eigenvalue weighted by Crippen LogP contribution is 2.34. The lowest BCUT2D eigenvalue weighted by Crippen LogP contribution is -2.14. The molecule has 1 aliphatic rings. The van der Waals surface area contributed by atoms with Gasteiger partial charge in [-0.3, -0.25) is 0 Å². The van der Waals surface area contributed by atoms with Crippen molar-refractivity contribution in [2.45, 2.75) is 4.57 Å². The molecule has 0 aromatic rings. The van der Waals surface area contributed by atoms with E-state index in [-0.39, 0.29) is 0 Å². The molecule has 1 aliphatic heterocycles. The number of carbonyl (C=O) groups is 1. The van der Waals surface area contributed by atoms with Crippen molar-refractivity contribution in [2.24, 2.45) is 10.2 Å². The van der Waals surface area contributed by atoms with Crippen LogP contribution in [0.3, 0.4) is 0 Å². The summed E-state index contributed by atoms with van der Waals surface area (Å²) >= 11 is 2.72. The van der Waals surface area contributed by atoms with E-state index in [2.05, 4.69) is 26.2 Å². The fourth-order valence-electron chi connectivity index (χ4n) is 0.129. The number of aliphatic carboxylic acids is 1. The van der Waals surface area contributed by atoms with Crippen molar-refractivity contribution in [1.82, 2.24) is 0 Å². The van der Waals surface area contributed by atoms with E-state index in [4.69, 9.17) is 5.11 Å². The van der Waals surface area contributed by atoms with Gasteiger partial charge in [-0.05, 0) is 15.9 Å². The third-order valence-corrected chi connectivity index (χ3v) is 1.20. The summed E-state index contributed by atoms with van der Waals surface area (Å²) in [7, 11) is 0. The summed E-state index contributed by atoms with van der Waals surface area (Å²) in [5.74, 6) is -1.06. The summed E-state index contributed by atoms with van der Waals surface area (Å²) in [5, 5.41) is 14.4. The fourth-order valence-corrected chi connectivity index (χ4v) is 0.209. The Labute approximate surface area is 47.4 Å². The molecule has 5 heteroatoms. The second-order valence-corrected chi connectivity index (χ2v) is 2.20. The van der Waals surface area contributed by atoms with Crippen LogP contribution in [0.4, 0.5) is 0 Å². The Bertz CT molecular complexity index is 137. The van der Waals surface area contributed by atoms with Gasteiger partial charge in [0.05, 0.1) is 0 Å². The van der Waals surface area contributed by atoms with Gasteiger partial charge < -0.3 is 5.11 Å². The van der Waals surface area contributed by atoms with E-state index in [9.17, 15) is 4.79 Å². The van der Waals surface area contributed by atoms with Gasteiger partial charge in [0.2, 0.25) is 0 Å². The van der Waals surface area contributed by atoms with E-state index >= 15 is 0 Å². The molecular formula is C2HBrN2O2. The molecule has 0 amide bonds. The largest absolute Gasteiger partial charge is 0.477 e. The van der Waals surface area contributed by atoms with Crippen LogP contribution < -0.4 is 0 Å². The van der Waals surface area contributed by atoms with Crippen molar-refractivity contribution in [3.63, 3.8) is 0 Å². The molecule has 0 aromatic carbocycles.